The van der Waals surface area contributed by atoms with Crippen LogP contribution < -0.4 is 0 Å². The van der Waals surface area contributed by atoms with Crippen LogP contribution in [0.4, 0.5) is 0 Å². The van der Waals surface area contributed by atoms with Crippen molar-refractivity contribution in [2.24, 2.45) is 11.3 Å². The van der Waals surface area contributed by atoms with Gasteiger partial charge in [0.15, 0.2) is 0 Å². The van der Waals surface area contributed by atoms with Crippen LogP contribution in [-0.2, 0) is 4.74 Å². The second kappa shape index (κ2) is 5.94. The van der Waals surface area contributed by atoms with Gasteiger partial charge in [-0.1, -0.05) is 32.3 Å². The van der Waals surface area contributed by atoms with Crippen molar-refractivity contribution in [3.63, 3.8) is 0 Å². The molecule has 1 saturated carbocycles. The molecule has 2 heteroatoms. The van der Waals surface area contributed by atoms with Gasteiger partial charge in [0.05, 0.1) is 39.9 Å². The highest BCUT2D eigenvalue weighted by Crippen LogP contribution is 2.49. The van der Waals surface area contributed by atoms with Gasteiger partial charge in [-0.3, -0.25) is 0 Å². The Labute approximate surface area is 137 Å². The average Bonchev–Trinajstić information content (AvgIpc) is 2.44. The van der Waals surface area contributed by atoms with Crippen LogP contribution >= 0.6 is 0 Å². The first-order valence-electron chi connectivity index (χ1n) is 9.46. The summed E-state index contributed by atoms with van der Waals surface area (Å²) in [5.41, 5.74) is 3.77. The number of nitrogens with zero attached hydrogens (tertiary/aromatic N) is 1. The molecule has 0 aromatic rings. The lowest BCUT2D eigenvalue weighted by Crippen LogP contribution is -2.52. The molecule has 0 spiro atoms. The molecular weight excluding hydrogens is 270 g/mol. The molecule has 126 valence electrons. The fourth-order valence-electron chi connectivity index (χ4n) is 5.55. The van der Waals surface area contributed by atoms with Crippen LogP contribution in [0, 0.1) is 11.3 Å². The molecule has 3 rings (SSSR count). The molecule has 3 aliphatic rings. The van der Waals surface area contributed by atoms with Gasteiger partial charge in [0.2, 0.25) is 0 Å². The molecular formula is C20H36NO+. The van der Waals surface area contributed by atoms with Gasteiger partial charge in [0.1, 0.15) is 0 Å². The Morgan fingerprint density at radius 2 is 1.59 bits per heavy atom. The second-order valence-electron chi connectivity index (χ2n) is 9.64. The van der Waals surface area contributed by atoms with Gasteiger partial charge in [-0.25, -0.2) is 0 Å². The fraction of sp³-hybridized carbons (Fsp3) is 0.900. The number of fused-ring (bicyclic) bond motifs is 2. The van der Waals surface area contributed by atoms with Gasteiger partial charge in [0.25, 0.3) is 0 Å². The predicted octanol–water partition coefficient (Wildman–Crippen LogP) is 4.55. The summed E-state index contributed by atoms with van der Waals surface area (Å²) >= 11 is 0. The maximum absolute atomic E-state index is 6.80. The second-order valence-corrected chi connectivity index (χ2v) is 9.64. The lowest BCUT2D eigenvalue weighted by atomic mass is 9.68. The Balaban J connectivity index is 1.92. The zero-order valence-electron chi connectivity index (χ0n) is 15.5. The summed E-state index contributed by atoms with van der Waals surface area (Å²) < 4.78 is 7.82. The molecule has 0 amide bonds. The number of ether oxygens (including phenoxy) is 1. The van der Waals surface area contributed by atoms with E-state index in [1.165, 1.54) is 57.9 Å². The molecule has 0 radical (unpaired) electrons. The van der Waals surface area contributed by atoms with Gasteiger partial charge in [-0.2, -0.15) is 0 Å². The van der Waals surface area contributed by atoms with Crippen molar-refractivity contribution < 1.29 is 9.22 Å². The predicted molar refractivity (Wildman–Crippen MR) is 92.8 cm³/mol. The first-order valence-corrected chi connectivity index (χ1v) is 9.46. The summed E-state index contributed by atoms with van der Waals surface area (Å²) in [6, 6.07) is 0. The average molecular weight is 307 g/mol. The number of rotatable bonds is 3. The van der Waals surface area contributed by atoms with Crippen molar-refractivity contribution in [3.8, 4) is 0 Å². The van der Waals surface area contributed by atoms with E-state index in [1.807, 2.05) is 5.57 Å². The highest BCUT2D eigenvalue weighted by molar-refractivity contribution is 5.29. The molecule has 2 aliphatic carbocycles. The van der Waals surface area contributed by atoms with Crippen molar-refractivity contribution in [1.29, 1.82) is 0 Å². The van der Waals surface area contributed by atoms with E-state index in [1.54, 1.807) is 5.57 Å². The summed E-state index contributed by atoms with van der Waals surface area (Å²) in [6.07, 6.45) is 11.8. The standard InChI is InChI=1S/C20H36NO/c1-20(2,14-21(3,4)5)19-17-12-7-6-10-15(17)16-11-8-9-13-18(16)22-19/h16,18-19H,6-14H2,1-5H3/q+1/t16-,18-,19+/m1/s1. The van der Waals surface area contributed by atoms with E-state index in [0.717, 1.165) is 10.4 Å². The van der Waals surface area contributed by atoms with Gasteiger partial charge < -0.3 is 9.22 Å². The van der Waals surface area contributed by atoms with Crippen molar-refractivity contribution in [3.05, 3.63) is 11.1 Å². The van der Waals surface area contributed by atoms with Gasteiger partial charge in [0, 0.05) is 11.3 Å². The first-order chi connectivity index (χ1) is 10.3. The van der Waals surface area contributed by atoms with Crippen LogP contribution in [0.1, 0.15) is 65.2 Å². The van der Waals surface area contributed by atoms with E-state index in [9.17, 15) is 0 Å². The van der Waals surface area contributed by atoms with Crippen molar-refractivity contribution in [2.45, 2.75) is 77.4 Å². The molecule has 22 heavy (non-hydrogen) atoms. The molecule has 0 saturated heterocycles. The lowest BCUT2D eigenvalue weighted by Gasteiger charge is -2.50. The van der Waals surface area contributed by atoms with Crippen LogP contribution in [0.3, 0.4) is 0 Å². The smallest absolute Gasteiger partial charge is 0.0896 e. The molecule has 0 unspecified atom stereocenters. The van der Waals surface area contributed by atoms with Crippen molar-refractivity contribution >= 4 is 0 Å². The topological polar surface area (TPSA) is 9.23 Å². The summed E-state index contributed by atoms with van der Waals surface area (Å²) in [7, 11) is 6.93. The normalized spacial score (nSPS) is 33.4. The molecule has 1 aliphatic heterocycles. The fourth-order valence-corrected chi connectivity index (χ4v) is 5.55. The summed E-state index contributed by atoms with van der Waals surface area (Å²) in [4.78, 5) is 0. The molecule has 0 N–H and O–H groups in total. The molecule has 1 heterocycles. The largest absolute Gasteiger partial charge is 0.369 e. The molecule has 0 aromatic carbocycles. The SMILES string of the molecule is CC(C)(C[N+](C)(C)C)[C@H]1O[C@@H]2CCCC[C@@H]2C2=C1CCCC2. The minimum Gasteiger partial charge on any atom is -0.369 e. The molecule has 0 aromatic heterocycles. The van der Waals surface area contributed by atoms with Crippen LogP contribution in [0.2, 0.25) is 0 Å². The van der Waals surface area contributed by atoms with E-state index < -0.39 is 0 Å². The van der Waals surface area contributed by atoms with Gasteiger partial charge in [-0.15, -0.1) is 0 Å². The van der Waals surface area contributed by atoms with Crippen LogP contribution in [0.5, 0.6) is 0 Å². The number of hydrogen-bond acceptors (Lipinski definition) is 1. The van der Waals surface area contributed by atoms with E-state index in [-0.39, 0.29) is 5.41 Å². The third-order valence-corrected chi connectivity index (χ3v) is 5.92. The summed E-state index contributed by atoms with van der Waals surface area (Å²) in [5, 5.41) is 0. The zero-order chi connectivity index (χ0) is 16.0. The number of hydrogen-bond donors (Lipinski definition) is 0. The molecule has 1 fully saturated rings. The number of quaternary nitrogens is 1. The maximum atomic E-state index is 6.80. The molecule has 3 atom stereocenters. The molecule has 0 bridgehead atoms. The Morgan fingerprint density at radius 1 is 0.955 bits per heavy atom. The third-order valence-electron chi connectivity index (χ3n) is 5.92. The first kappa shape index (κ1) is 16.5. The van der Waals surface area contributed by atoms with E-state index in [4.69, 9.17) is 4.74 Å². The molecule has 2 nitrogen and oxygen atoms in total. The summed E-state index contributed by atoms with van der Waals surface area (Å²) in [5.74, 6) is 0.764. The van der Waals surface area contributed by atoms with Crippen molar-refractivity contribution in [1.82, 2.24) is 0 Å². The highest BCUT2D eigenvalue weighted by Gasteiger charge is 2.46. The Morgan fingerprint density at radius 3 is 2.27 bits per heavy atom. The minimum atomic E-state index is 0.221. The van der Waals surface area contributed by atoms with E-state index in [0.29, 0.717) is 12.2 Å². The minimum absolute atomic E-state index is 0.221. The highest BCUT2D eigenvalue weighted by atomic mass is 16.5. The van der Waals surface area contributed by atoms with Gasteiger partial charge >= 0.3 is 0 Å². The Bertz CT molecular complexity index is 443. The quantitative estimate of drug-likeness (QED) is 0.549. The lowest BCUT2D eigenvalue weighted by molar-refractivity contribution is -0.877. The van der Waals surface area contributed by atoms with Gasteiger partial charge in [-0.05, 0) is 44.1 Å². The van der Waals surface area contributed by atoms with Crippen LogP contribution in [-0.4, -0.2) is 44.4 Å². The Hall–Kier alpha value is -0.340. The maximum Gasteiger partial charge on any atom is 0.0896 e. The summed E-state index contributed by atoms with van der Waals surface area (Å²) in [6.45, 7) is 6.04. The van der Waals surface area contributed by atoms with Crippen molar-refractivity contribution in [2.75, 3.05) is 27.7 Å². The van der Waals surface area contributed by atoms with Crippen LogP contribution in [0.25, 0.3) is 0 Å². The Kier molecular flexibility index (Phi) is 4.46. The van der Waals surface area contributed by atoms with E-state index in [2.05, 4.69) is 35.0 Å². The third kappa shape index (κ3) is 3.28. The van der Waals surface area contributed by atoms with E-state index >= 15 is 0 Å². The van der Waals surface area contributed by atoms with Crippen LogP contribution in [0.15, 0.2) is 11.1 Å². The zero-order valence-corrected chi connectivity index (χ0v) is 15.5. The monoisotopic (exact) mass is 306 g/mol.